The number of piperazine rings is 1. The number of nitrogens with zero attached hydrogens (tertiary/aromatic N) is 4. The summed E-state index contributed by atoms with van der Waals surface area (Å²) in [6.45, 7) is 8.61. The monoisotopic (exact) mass is 371 g/mol. The largest absolute Gasteiger partial charge is 0.368 e. The van der Waals surface area contributed by atoms with Gasteiger partial charge in [0.05, 0.1) is 0 Å². The Morgan fingerprint density at radius 3 is 2.59 bits per heavy atom. The number of anilines is 1. The van der Waals surface area contributed by atoms with Gasteiger partial charge in [-0.2, -0.15) is 0 Å². The van der Waals surface area contributed by atoms with E-state index in [1.807, 2.05) is 24.1 Å². The number of para-hydroxylation sites is 1. The lowest BCUT2D eigenvalue weighted by atomic mass is 10.2. The first kappa shape index (κ1) is 20.8. The maximum Gasteiger partial charge on any atom is 0.224 e. The number of hydrogen-bond donors (Lipinski definition) is 1. The van der Waals surface area contributed by atoms with Crippen LogP contribution >= 0.6 is 0 Å². The molecule has 1 aliphatic rings. The molecule has 6 heteroatoms. The van der Waals surface area contributed by atoms with Gasteiger partial charge in [-0.15, -0.1) is 6.58 Å². The number of hydrogen-bond acceptors (Lipinski definition) is 3. The Kier molecular flexibility index (Phi) is 8.68. The van der Waals surface area contributed by atoms with Crippen LogP contribution in [0.5, 0.6) is 0 Å². The van der Waals surface area contributed by atoms with Crippen molar-refractivity contribution in [2.75, 3.05) is 58.3 Å². The van der Waals surface area contributed by atoms with E-state index >= 15 is 0 Å². The molecule has 1 aliphatic heterocycles. The average molecular weight is 372 g/mol. The van der Waals surface area contributed by atoms with E-state index in [4.69, 9.17) is 0 Å². The number of unbranched alkanes of at least 4 members (excludes halogenated alkanes) is 1. The third-order valence-corrected chi connectivity index (χ3v) is 4.85. The molecular weight excluding hydrogens is 338 g/mol. The van der Waals surface area contributed by atoms with Crippen molar-refractivity contribution in [1.82, 2.24) is 15.1 Å². The fraction of sp³-hybridized carbons (Fsp3) is 0.524. The molecular formula is C21H33N5O. The molecule has 148 valence electrons. The molecule has 0 spiro atoms. The molecule has 0 radical (unpaired) electrons. The fourth-order valence-corrected chi connectivity index (χ4v) is 3.26. The normalized spacial score (nSPS) is 14.8. The number of rotatable bonds is 8. The lowest BCUT2D eigenvalue weighted by Crippen LogP contribution is -2.49. The predicted molar refractivity (Wildman–Crippen MR) is 113 cm³/mol. The summed E-state index contributed by atoms with van der Waals surface area (Å²) < 4.78 is 0. The third-order valence-electron chi connectivity index (χ3n) is 4.85. The Bertz CT molecular complexity index is 608. The highest BCUT2D eigenvalue weighted by Gasteiger charge is 2.21. The van der Waals surface area contributed by atoms with Crippen molar-refractivity contribution >= 4 is 17.6 Å². The van der Waals surface area contributed by atoms with Gasteiger partial charge >= 0.3 is 0 Å². The molecule has 0 bridgehead atoms. The van der Waals surface area contributed by atoms with Gasteiger partial charge in [0.25, 0.3) is 0 Å². The second-order valence-electron chi connectivity index (χ2n) is 6.78. The lowest BCUT2D eigenvalue weighted by molar-refractivity contribution is -0.131. The first-order valence-electron chi connectivity index (χ1n) is 9.76. The van der Waals surface area contributed by atoms with Crippen LogP contribution in [0.1, 0.15) is 19.3 Å². The zero-order valence-corrected chi connectivity index (χ0v) is 16.7. The van der Waals surface area contributed by atoms with E-state index in [2.05, 4.69) is 51.0 Å². The summed E-state index contributed by atoms with van der Waals surface area (Å²) in [6.07, 6.45) is 4.46. The van der Waals surface area contributed by atoms with Crippen molar-refractivity contribution in [3.05, 3.63) is 43.0 Å². The van der Waals surface area contributed by atoms with E-state index in [-0.39, 0.29) is 5.91 Å². The summed E-state index contributed by atoms with van der Waals surface area (Å²) >= 11 is 0. The van der Waals surface area contributed by atoms with Gasteiger partial charge in [-0.25, -0.2) is 0 Å². The van der Waals surface area contributed by atoms with Crippen LogP contribution in [0.3, 0.4) is 0 Å². The van der Waals surface area contributed by atoms with E-state index in [1.54, 1.807) is 7.05 Å². The summed E-state index contributed by atoms with van der Waals surface area (Å²) in [5.41, 5.74) is 1.23. The highest BCUT2D eigenvalue weighted by Crippen LogP contribution is 2.15. The number of guanidine groups is 1. The van der Waals surface area contributed by atoms with Crippen LogP contribution in [0.4, 0.5) is 5.69 Å². The molecule has 1 heterocycles. The minimum absolute atomic E-state index is 0.208. The molecule has 0 saturated carbocycles. The van der Waals surface area contributed by atoms with Gasteiger partial charge in [-0.1, -0.05) is 24.3 Å². The Hall–Kier alpha value is -2.50. The van der Waals surface area contributed by atoms with E-state index < -0.39 is 0 Å². The SMILES string of the molecule is C=CCCCN(C)C(=NC)NCCC(=O)N1CCN(c2ccccc2)CC1. The van der Waals surface area contributed by atoms with Crippen molar-refractivity contribution < 1.29 is 4.79 Å². The number of carbonyl (C=O) groups excluding carboxylic acids is 1. The molecule has 2 rings (SSSR count). The molecule has 0 atom stereocenters. The maximum atomic E-state index is 12.5. The lowest BCUT2D eigenvalue weighted by Gasteiger charge is -2.36. The molecule has 0 aromatic heterocycles. The van der Waals surface area contributed by atoms with Crippen LogP contribution < -0.4 is 10.2 Å². The van der Waals surface area contributed by atoms with Crippen LogP contribution in [0.2, 0.25) is 0 Å². The smallest absolute Gasteiger partial charge is 0.224 e. The molecule has 27 heavy (non-hydrogen) atoms. The van der Waals surface area contributed by atoms with E-state index in [0.717, 1.165) is 51.5 Å². The van der Waals surface area contributed by atoms with Gasteiger partial charge in [-0.05, 0) is 25.0 Å². The first-order valence-corrected chi connectivity index (χ1v) is 9.76. The van der Waals surface area contributed by atoms with E-state index in [1.165, 1.54) is 5.69 Å². The Morgan fingerprint density at radius 2 is 1.96 bits per heavy atom. The van der Waals surface area contributed by atoms with Crippen molar-refractivity contribution in [3.63, 3.8) is 0 Å². The molecule has 6 nitrogen and oxygen atoms in total. The molecule has 0 aliphatic carbocycles. The van der Waals surface area contributed by atoms with E-state index in [9.17, 15) is 4.79 Å². The van der Waals surface area contributed by atoms with Crippen molar-refractivity contribution in [1.29, 1.82) is 0 Å². The summed E-state index contributed by atoms with van der Waals surface area (Å²) in [6, 6.07) is 10.4. The zero-order valence-electron chi connectivity index (χ0n) is 16.7. The number of aliphatic imine (C=N–C) groups is 1. The topological polar surface area (TPSA) is 51.2 Å². The van der Waals surface area contributed by atoms with Crippen molar-refractivity contribution in [2.24, 2.45) is 4.99 Å². The van der Waals surface area contributed by atoms with Gasteiger partial charge in [0.2, 0.25) is 5.91 Å². The summed E-state index contributed by atoms with van der Waals surface area (Å²) in [5, 5.41) is 3.29. The zero-order chi connectivity index (χ0) is 19.5. The van der Waals surface area contributed by atoms with E-state index in [0.29, 0.717) is 13.0 Å². The standard InChI is InChI=1S/C21H33N5O/c1-4-5-9-14-24(3)21(22-2)23-13-12-20(27)26-17-15-25(16-18-26)19-10-7-6-8-11-19/h4,6-8,10-11H,1,5,9,12-18H2,2-3H3,(H,22,23). The van der Waals surface area contributed by atoms with Gasteiger partial charge in [0.15, 0.2) is 5.96 Å². The Morgan fingerprint density at radius 1 is 1.26 bits per heavy atom. The van der Waals surface area contributed by atoms with Crippen molar-refractivity contribution in [2.45, 2.75) is 19.3 Å². The molecule has 1 aromatic rings. The number of benzene rings is 1. The number of amides is 1. The minimum atomic E-state index is 0.208. The minimum Gasteiger partial charge on any atom is -0.368 e. The van der Waals surface area contributed by atoms with Gasteiger partial charge in [-0.3, -0.25) is 9.79 Å². The Labute approximate surface area is 163 Å². The number of carbonyl (C=O) groups is 1. The second kappa shape index (κ2) is 11.3. The molecule has 1 saturated heterocycles. The first-order chi connectivity index (χ1) is 13.2. The molecule has 0 unspecified atom stereocenters. The maximum absolute atomic E-state index is 12.5. The van der Waals surface area contributed by atoms with Gasteiger partial charge < -0.3 is 20.0 Å². The van der Waals surface area contributed by atoms with Crippen LogP contribution in [-0.2, 0) is 4.79 Å². The van der Waals surface area contributed by atoms with Gasteiger partial charge in [0, 0.05) is 65.5 Å². The number of allylic oxidation sites excluding steroid dienone is 1. The average Bonchev–Trinajstić information content (AvgIpc) is 2.72. The Balaban J connectivity index is 1.69. The summed E-state index contributed by atoms with van der Waals surface area (Å²) in [7, 11) is 3.79. The van der Waals surface area contributed by atoms with Crippen LogP contribution in [0.15, 0.2) is 48.0 Å². The summed E-state index contributed by atoms with van der Waals surface area (Å²) in [5.74, 6) is 1.04. The molecule has 1 amide bonds. The van der Waals surface area contributed by atoms with Crippen molar-refractivity contribution in [3.8, 4) is 0 Å². The van der Waals surface area contributed by atoms with Crippen LogP contribution in [-0.4, -0.2) is 75.0 Å². The third kappa shape index (κ3) is 6.62. The highest BCUT2D eigenvalue weighted by atomic mass is 16.2. The van der Waals surface area contributed by atoms with Crippen LogP contribution in [0.25, 0.3) is 0 Å². The van der Waals surface area contributed by atoms with Crippen LogP contribution in [0, 0.1) is 0 Å². The fourth-order valence-electron chi connectivity index (χ4n) is 3.26. The second-order valence-corrected chi connectivity index (χ2v) is 6.78. The number of nitrogens with one attached hydrogen (secondary N) is 1. The molecule has 1 fully saturated rings. The highest BCUT2D eigenvalue weighted by molar-refractivity contribution is 5.81. The molecule has 1 aromatic carbocycles. The molecule has 1 N–H and O–H groups in total. The predicted octanol–water partition coefficient (Wildman–Crippen LogP) is 2.20. The summed E-state index contributed by atoms with van der Waals surface area (Å²) in [4.78, 5) is 23.2. The quantitative estimate of drug-likeness (QED) is 0.329. The van der Waals surface area contributed by atoms with Gasteiger partial charge in [0.1, 0.15) is 0 Å².